The van der Waals surface area contributed by atoms with Gasteiger partial charge in [-0.25, -0.2) is 0 Å². The number of piperidine rings is 1. The molecular formula is C17H34NO6P. The molecule has 0 amide bonds. The van der Waals surface area contributed by atoms with Crippen molar-refractivity contribution in [1.82, 2.24) is 4.90 Å². The van der Waals surface area contributed by atoms with Crippen LogP contribution in [0.5, 0.6) is 0 Å². The fraction of sp³-hybridized carbons (Fsp3) is 0.941. The van der Waals surface area contributed by atoms with Gasteiger partial charge in [-0.2, -0.15) is 0 Å². The molecule has 1 atom stereocenters. The number of carbonyl (C=O) groups is 1. The largest absolute Gasteiger partial charge is 0.466 e. The van der Waals surface area contributed by atoms with Crippen molar-refractivity contribution < 1.29 is 28.3 Å². The average Bonchev–Trinajstić information content (AvgIpc) is 2.59. The van der Waals surface area contributed by atoms with Crippen LogP contribution in [0.2, 0.25) is 0 Å². The van der Waals surface area contributed by atoms with E-state index < -0.39 is 13.8 Å². The molecule has 0 aromatic heterocycles. The lowest BCUT2D eigenvalue weighted by Crippen LogP contribution is -2.43. The third kappa shape index (κ3) is 8.18. The first-order valence-corrected chi connectivity index (χ1v) is 11.1. The van der Waals surface area contributed by atoms with Gasteiger partial charge in [0.15, 0.2) is 0 Å². The van der Waals surface area contributed by atoms with Gasteiger partial charge in [-0.05, 0) is 52.9 Å². The lowest BCUT2D eigenvalue weighted by Gasteiger charge is -2.34. The van der Waals surface area contributed by atoms with E-state index in [4.69, 9.17) is 13.8 Å². The molecule has 1 rings (SSSR count). The smallest absolute Gasteiger partial charge is 0.330 e. The molecular weight excluding hydrogens is 345 g/mol. The quantitative estimate of drug-likeness (QED) is 0.317. The van der Waals surface area contributed by atoms with Crippen LogP contribution in [0.15, 0.2) is 0 Å². The van der Waals surface area contributed by atoms with Crippen LogP contribution in [0, 0.1) is 5.92 Å². The van der Waals surface area contributed by atoms with Gasteiger partial charge in [0.25, 0.3) is 0 Å². The van der Waals surface area contributed by atoms with Crippen molar-refractivity contribution in [2.75, 3.05) is 39.1 Å². The van der Waals surface area contributed by atoms with Crippen molar-refractivity contribution >= 4 is 13.6 Å². The zero-order valence-electron chi connectivity index (χ0n) is 15.8. The van der Waals surface area contributed by atoms with E-state index >= 15 is 0 Å². The molecule has 1 N–H and O–H groups in total. The van der Waals surface area contributed by atoms with Crippen molar-refractivity contribution in [2.24, 2.45) is 5.92 Å². The Morgan fingerprint density at radius 3 is 2.24 bits per heavy atom. The van der Waals surface area contributed by atoms with Crippen LogP contribution in [0.4, 0.5) is 0 Å². The van der Waals surface area contributed by atoms with Crippen molar-refractivity contribution in [3.63, 3.8) is 0 Å². The molecule has 0 aliphatic carbocycles. The van der Waals surface area contributed by atoms with Crippen LogP contribution < -0.4 is 0 Å². The minimum absolute atomic E-state index is 0.0494. The van der Waals surface area contributed by atoms with Crippen LogP contribution in [-0.4, -0.2) is 61.3 Å². The van der Waals surface area contributed by atoms with Gasteiger partial charge in [-0.1, -0.05) is 0 Å². The van der Waals surface area contributed by atoms with E-state index in [-0.39, 0.29) is 11.9 Å². The molecule has 1 unspecified atom stereocenters. The van der Waals surface area contributed by atoms with Crippen LogP contribution >= 0.6 is 7.60 Å². The molecule has 0 radical (unpaired) electrons. The second-order valence-corrected chi connectivity index (χ2v) is 8.39. The van der Waals surface area contributed by atoms with E-state index in [1.165, 1.54) is 0 Å². The highest BCUT2D eigenvalue weighted by Gasteiger charge is 2.29. The number of hydrogen-bond acceptors (Lipinski definition) is 7. The van der Waals surface area contributed by atoms with Crippen molar-refractivity contribution in [3.8, 4) is 0 Å². The Bertz CT molecular complexity index is 415. The summed E-state index contributed by atoms with van der Waals surface area (Å²) in [7, 11) is -2.98. The first-order valence-electron chi connectivity index (χ1n) is 9.42. The number of likely N-dealkylation sites (tertiary alicyclic amines) is 1. The topological polar surface area (TPSA) is 85.3 Å². The summed E-state index contributed by atoms with van der Waals surface area (Å²) in [6.45, 7) is 7.96. The summed E-state index contributed by atoms with van der Waals surface area (Å²) in [6, 6.07) is 0. The van der Waals surface area contributed by atoms with Gasteiger partial charge in [0.1, 0.15) is 6.23 Å². The van der Waals surface area contributed by atoms with Gasteiger partial charge in [0.2, 0.25) is 0 Å². The van der Waals surface area contributed by atoms with Gasteiger partial charge < -0.3 is 18.9 Å². The zero-order valence-corrected chi connectivity index (χ0v) is 16.7. The van der Waals surface area contributed by atoms with E-state index in [0.717, 1.165) is 19.3 Å². The Morgan fingerprint density at radius 2 is 1.72 bits per heavy atom. The molecule has 148 valence electrons. The Labute approximate surface area is 151 Å². The summed E-state index contributed by atoms with van der Waals surface area (Å²) in [5.41, 5.74) is 0. The normalized spacial score (nSPS) is 18.2. The standard InChI is InChI=1S/C17H34NO6P/c1-4-22-17(20)15-10-12-18(13-11-15)16(19)9-7-8-14-25(21,23-5-2)24-6-3/h15-16,19H,4-14H2,1-3H3. The highest BCUT2D eigenvalue weighted by atomic mass is 31.2. The number of ether oxygens (including phenoxy) is 1. The molecule has 7 nitrogen and oxygen atoms in total. The van der Waals surface area contributed by atoms with E-state index in [1.54, 1.807) is 13.8 Å². The lowest BCUT2D eigenvalue weighted by molar-refractivity contribution is -0.150. The van der Waals surface area contributed by atoms with Gasteiger partial charge in [-0.15, -0.1) is 0 Å². The Balaban J connectivity index is 2.26. The predicted molar refractivity (Wildman–Crippen MR) is 96.5 cm³/mol. The first kappa shape index (κ1) is 22.6. The molecule has 8 heteroatoms. The maximum absolute atomic E-state index is 12.4. The average molecular weight is 379 g/mol. The summed E-state index contributed by atoms with van der Waals surface area (Å²) < 4.78 is 27.9. The monoisotopic (exact) mass is 379 g/mol. The number of hydrogen-bond donors (Lipinski definition) is 1. The van der Waals surface area contributed by atoms with Crippen molar-refractivity contribution in [3.05, 3.63) is 0 Å². The van der Waals surface area contributed by atoms with Gasteiger partial charge >= 0.3 is 13.6 Å². The number of esters is 1. The molecule has 0 spiro atoms. The predicted octanol–water partition coefficient (Wildman–Crippen LogP) is 3.02. The fourth-order valence-electron chi connectivity index (χ4n) is 3.07. The second-order valence-electron chi connectivity index (χ2n) is 6.21. The summed E-state index contributed by atoms with van der Waals surface area (Å²) in [5, 5.41) is 10.3. The maximum atomic E-state index is 12.4. The SMILES string of the molecule is CCOC(=O)C1CCN(C(O)CCCCP(=O)(OCC)OCC)CC1. The fourth-order valence-corrected chi connectivity index (χ4v) is 4.80. The molecule has 1 fully saturated rings. The molecule has 1 saturated heterocycles. The lowest BCUT2D eigenvalue weighted by atomic mass is 9.96. The van der Waals surface area contributed by atoms with Gasteiger partial charge in [-0.3, -0.25) is 14.3 Å². The second kappa shape index (κ2) is 12.0. The van der Waals surface area contributed by atoms with Gasteiger partial charge in [0, 0.05) is 13.1 Å². The molecule has 0 aromatic rings. The number of carbonyl (C=O) groups excluding carboxylic acids is 1. The molecule has 0 aromatic carbocycles. The van der Waals surface area contributed by atoms with Crippen LogP contribution in [0.25, 0.3) is 0 Å². The summed E-state index contributed by atoms with van der Waals surface area (Å²) in [6.07, 6.45) is 3.35. The van der Waals surface area contributed by atoms with Crippen molar-refractivity contribution in [1.29, 1.82) is 0 Å². The molecule has 0 saturated carbocycles. The molecule has 25 heavy (non-hydrogen) atoms. The summed E-state index contributed by atoms with van der Waals surface area (Å²) >= 11 is 0. The molecule has 0 bridgehead atoms. The van der Waals surface area contributed by atoms with Gasteiger partial charge in [0.05, 0.1) is 31.9 Å². The Hall–Kier alpha value is -0.460. The van der Waals surface area contributed by atoms with Crippen LogP contribution in [0.1, 0.15) is 52.9 Å². The first-order chi connectivity index (χ1) is 12.0. The van der Waals surface area contributed by atoms with E-state index in [9.17, 15) is 14.5 Å². The highest BCUT2D eigenvalue weighted by molar-refractivity contribution is 7.53. The summed E-state index contributed by atoms with van der Waals surface area (Å²) in [4.78, 5) is 13.7. The van der Waals surface area contributed by atoms with E-state index in [1.807, 2.05) is 11.8 Å². The van der Waals surface area contributed by atoms with Crippen molar-refractivity contribution in [2.45, 2.75) is 59.1 Å². The number of rotatable bonds is 12. The third-order valence-electron chi connectivity index (χ3n) is 4.37. The van der Waals surface area contributed by atoms with Crippen LogP contribution in [-0.2, 0) is 23.1 Å². The number of aliphatic hydroxyl groups excluding tert-OH is 1. The highest BCUT2D eigenvalue weighted by Crippen LogP contribution is 2.48. The summed E-state index contributed by atoms with van der Waals surface area (Å²) in [5.74, 6) is -0.175. The minimum atomic E-state index is -2.98. The number of nitrogens with zero attached hydrogens (tertiary/aromatic N) is 1. The Morgan fingerprint density at radius 1 is 1.12 bits per heavy atom. The van der Waals surface area contributed by atoms with E-state index in [2.05, 4.69) is 0 Å². The minimum Gasteiger partial charge on any atom is -0.466 e. The molecule has 1 heterocycles. The van der Waals surface area contributed by atoms with Crippen LogP contribution in [0.3, 0.4) is 0 Å². The number of aliphatic hydroxyl groups is 1. The number of unbranched alkanes of at least 4 members (excludes halogenated alkanes) is 1. The maximum Gasteiger partial charge on any atom is 0.330 e. The molecule has 1 aliphatic heterocycles. The third-order valence-corrected chi connectivity index (χ3v) is 6.53. The van der Waals surface area contributed by atoms with E-state index in [0.29, 0.717) is 51.9 Å². The zero-order chi connectivity index (χ0) is 18.7. The Kier molecular flexibility index (Phi) is 10.9. The molecule has 1 aliphatic rings.